The molecule has 0 bridgehead atoms. The monoisotopic (exact) mass is 227 g/mol. The molecule has 0 saturated heterocycles. The summed E-state index contributed by atoms with van der Waals surface area (Å²) in [5.41, 5.74) is 5.60. The zero-order valence-corrected chi connectivity index (χ0v) is 10.4. The molecule has 0 radical (unpaired) electrons. The molecule has 0 spiro atoms. The Kier molecular flexibility index (Phi) is 4.14. The maximum Gasteiger partial charge on any atom is 0.230 e. The van der Waals surface area contributed by atoms with Crippen LogP contribution in [0.1, 0.15) is 13.8 Å². The van der Waals surface area contributed by atoms with Gasteiger partial charge in [0.05, 0.1) is 0 Å². The van der Waals surface area contributed by atoms with E-state index in [1.807, 2.05) is 19.0 Å². The fraction of sp³-hybridized carbons (Fsp3) is 0.667. The fourth-order valence-electron chi connectivity index (χ4n) is 0.867. The third-order valence-corrected chi connectivity index (χ3v) is 2.84. The van der Waals surface area contributed by atoms with Crippen molar-refractivity contribution < 1.29 is 0 Å². The van der Waals surface area contributed by atoms with Crippen LogP contribution in [-0.2, 0) is 0 Å². The van der Waals surface area contributed by atoms with Crippen molar-refractivity contribution in [3.63, 3.8) is 0 Å². The molecule has 1 rings (SSSR count). The van der Waals surface area contributed by atoms with Gasteiger partial charge in [-0.2, -0.15) is 15.0 Å². The third-order valence-electron chi connectivity index (χ3n) is 1.57. The summed E-state index contributed by atoms with van der Waals surface area (Å²) in [6.45, 7) is 4.31. The van der Waals surface area contributed by atoms with E-state index >= 15 is 0 Å². The Morgan fingerprint density at radius 1 is 1.27 bits per heavy atom. The quantitative estimate of drug-likeness (QED) is 0.781. The maximum absolute atomic E-state index is 5.60. The summed E-state index contributed by atoms with van der Waals surface area (Å²) in [5, 5.41) is 0.694. The lowest BCUT2D eigenvalue weighted by Gasteiger charge is -2.11. The molecule has 0 amide bonds. The zero-order chi connectivity index (χ0) is 11.4. The Morgan fingerprint density at radius 3 is 2.47 bits per heavy atom. The van der Waals surface area contributed by atoms with Gasteiger partial charge in [0.15, 0.2) is 5.16 Å². The van der Waals surface area contributed by atoms with E-state index in [1.54, 1.807) is 11.8 Å². The summed E-state index contributed by atoms with van der Waals surface area (Å²) in [7, 11) is 3.76. The molecule has 0 aromatic carbocycles. The second kappa shape index (κ2) is 5.16. The smallest absolute Gasteiger partial charge is 0.230 e. The molecule has 1 aromatic rings. The topological polar surface area (TPSA) is 67.9 Å². The van der Waals surface area contributed by atoms with Gasteiger partial charge in [-0.05, 0) is 5.92 Å². The summed E-state index contributed by atoms with van der Waals surface area (Å²) in [5.74, 6) is 2.47. The lowest BCUT2D eigenvalue weighted by atomic mass is 10.3. The van der Waals surface area contributed by atoms with Crippen LogP contribution >= 0.6 is 11.8 Å². The van der Waals surface area contributed by atoms with E-state index in [4.69, 9.17) is 5.73 Å². The van der Waals surface area contributed by atoms with Gasteiger partial charge in [0, 0.05) is 19.8 Å². The van der Waals surface area contributed by atoms with Crippen molar-refractivity contribution in [3.8, 4) is 0 Å². The lowest BCUT2D eigenvalue weighted by Crippen LogP contribution is -2.15. The van der Waals surface area contributed by atoms with Gasteiger partial charge < -0.3 is 10.6 Å². The predicted molar refractivity (Wildman–Crippen MR) is 64.1 cm³/mol. The van der Waals surface area contributed by atoms with Crippen LogP contribution in [0.25, 0.3) is 0 Å². The second-order valence-electron chi connectivity index (χ2n) is 3.88. The van der Waals surface area contributed by atoms with E-state index in [0.29, 0.717) is 17.0 Å². The highest BCUT2D eigenvalue weighted by Gasteiger charge is 2.07. The Balaban J connectivity index is 2.79. The average molecular weight is 227 g/mol. The molecule has 0 fully saturated rings. The lowest BCUT2D eigenvalue weighted by molar-refractivity contribution is 0.747. The number of thioether (sulfide) groups is 1. The van der Waals surface area contributed by atoms with Crippen molar-refractivity contribution in [1.82, 2.24) is 15.0 Å². The molecule has 0 atom stereocenters. The van der Waals surface area contributed by atoms with Crippen molar-refractivity contribution in [2.45, 2.75) is 19.0 Å². The van der Waals surface area contributed by atoms with E-state index in [9.17, 15) is 0 Å². The number of anilines is 2. The van der Waals surface area contributed by atoms with Crippen molar-refractivity contribution in [3.05, 3.63) is 0 Å². The Morgan fingerprint density at radius 2 is 1.93 bits per heavy atom. The molecular formula is C9H17N5S. The van der Waals surface area contributed by atoms with Gasteiger partial charge in [-0.3, -0.25) is 0 Å². The molecule has 0 aliphatic heterocycles. The van der Waals surface area contributed by atoms with E-state index in [2.05, 4.69) is 28.8 Å². The van der Waals surface area contributed by atoms with Gasteiger partial charge in [-0.15, -0.1) is 0 Å². The first-order valence-corrected chi connectivity index (χ1v) is 5.79. The highest BCUT2D eigenvalue weighted by atomic mass is 32.2. The van der Waals surface area contributed by atoms with Crippen molar-refractivity contribution in [1.29, 1.82) is 0 Å². The Hall–Kier alpha value is -1.04. The van der Waals surface area contributed by atoms with Crippen LogP contribution in [0.5, 0.6) is 0 Å². The number of nitrogen functional groups attached to an aromatic ring is 1. The molecule has 0 saturated carbocycles. The van der Waals surface area contributed by atoms with Crippen molar-refractivity contribution >= 4 is 23.7 Å². The normalized spacial score (nSPS) is 10.7. The number of nitrogens with two attached hydrogens (primary N) is 1. The molecule has 6 heteroatoms. The van der Waals surface area contributed by atoms with E-state index < -0.39 is 0 Å². The van der Waals surface area contributed by atoms with Gasteiger partial charge >= 0.3 is 0 Å². The van der Waals surface area contributed by atoms with Crippen molar-refractivity contribution in [2.75, 3.05) is 30.5 Å². The Labute approximate surface area is 94.5 Å². The molecule has 2 N–H and O–H groups in total. The average Bonchev–Trinajstić information content (AvgIpc) is 2.13. The van der Waals surface area contributed by atoms with Crippen LogP contribution in [0.15, 0.2) is 5.16 Å². The summed E-state index contributed by atoms with van der Waals surface area (Å²) in [6.07, 6.45) is 0. The van der Waals surface area contributed by atoms with E-state index in [1.165, 1.54) is 0 Å². The van der Waals surface area contributed by atoms with Gasteiger partial charge in [-0.25, -0.2) is 0 Å². The summed E-state index contributed by atoms with van der Waals surface area (Å²) in [4.78, 5) is 14.2. The predicted octanol–water partition coefficient (Wildman–Crippen LogP) is 1.27. The van der Waals surface area contributed by atoms with Crippen LogP contribution in [0.3, 0.4) is 0 Å². The first-order chi connectivity index (χ1) is 6.99. The van der Waals surface area contributed by atoms with E-state index in [-0.39, 0.29) is 5.95 Å². The van der Waals surface area contributed by atoms with Crippen LogP contribution in [0.2, 0.25) is 0 Å². The molecule has 0 unspecified atom stereocenters. The maximum atomic E-state index is 5.60. The highest BCUT2D eigenvalue weighted by Crippen LogP contribution is 2.18. The highest BCUT2D eigenvalue weighted by molar-refractivity contribution is 7.99. The fourth-order valence-corrected chi connectivity index (χ4v) is 1.65. The van der Waals surface area contributed by atoms with Crippen LogP contribution < -0.4 is 10.6 Å². The van der Waals surface area contributed by atoms with Gasteiger partial charge in [0.2, 0.25) is 11.9 Å². The molecule has 0 aliphatic rings. The zero-order valence-electron chi connectivity index (χ0n) is 9.56. The molecule has 0 aliphatic carbocycles. The first kappa shape index (κ1) is 12.0. The number of rotatable bonds is 4. The van der Waals surface area contributed by atoms with Crippen LogP contribution in [-0.4, -0.2) is 34.8 Å². The minimum absolute atomic E-state index is 0.278. The van der Waals surface area contributed by atoms with Gasteiger partial charge in [-0.1, -0.05) is 25.6 Å². The third kappa shape index (κ3) is 3.91. The number of nitrogens with zero attached hydrogens (tertiary/aromatic N) is 4. The summed E-state index contributed by atoms with van der Waals surface area (Å²) in [6, 6.07) is 0. The largest absolute Gasteiger partial charge is 0.368 e. The number of hydrogen-bond donors (Lipinski definition) is 1. The van der Waals surface area contributed by atoms with Gasteiger partial charge in [0.1, 0.15) is 0 Å². The van der Waals surface area contributed by atoms with Crippen LogP contribution in [0.4, 0.5) is 11.9 Å². The standard InChI is InChI=1S/C9H17N5S/c1-6(2)5-15-9-12-7(10)11-8(13-9)14(3)4/h6H,5H2,1-4H3,(H2,10,11,12,13). The molecule has 1 heterocycles. The summed E-state index contributed by atoms with van der Waals surface area (Å²) >= 11 is 1.61. The van der Waals surface area contributed by atoms with Crippen molar-refractivity contribution in [2.24, 2.45) is 5.92 Å². The summed E-state index contributed by atoms with van der Waals surface area (Å²) < 4.78 is 0. The first-order valence-electron chi connectivity index (χ1n) is 4.80. The molecular weight excluding hydrogens is 210 g/mol. The molecule has 1 aromatic heterocycles. The molecule has 15 heavy (non-hydrogen) atoms. The number of hydrogen-bond acceptors (Lipinski definition) is 6. The van der Waals surface area contributed by atoms with Crippen LogP contribution in [0, 0.1) is 5.92 Å². The molecule has 5 nitrogen and oxygen atoms in total. The minimum atomic E-state index is 0.278. The Bertz CT molecular complexity index is 326. The minimum Gasteiger partial charge on any atom is -0.368 e. The van der Waals surface area contributed by atoms with Gasteiger partial charge in [0.25, 0.3) is 0 Å². The molecule has 84 valence electrons. The SMILES string of the molecule is CC(C)CSc1nc(N)nc(N(C)C)n1. The second-order valence-corrected chi connectivity index (χ2v) is 4.86. The number of aromatic nitrogens is 3. The van der Waals surface area contributed by atoms with E-state index in [0.717, 1.165) is 5.75 Å².